The van der Waals surface area contributed by atoms with Crippen LogP contribution in [0.15, 0.2) is 59.5 Å². The van der Waals surface area contributed by atoms with Gasteiger partial charge < -0.3 is 15.4 Å². The highest BCUT2D eigenvalue weighted by molar-refractivity contribution is 7.89. The number of rotatable bonds is 8. The summed E-state index contributed by atoms with van der Waals surface area (Å²) in [5.41, 5.74) is 0.627. The number of ether oxygens (including phenoxy) is 1. The van der Waals surface area contributed by atoms with E-state index in [1.165, 1.54) is 4.31 Å². The molecule has 2 amide bonds. The molecule has 0 atom stereocenters. The van der Waals surface area contributed by atoms with Crippen LogP contribution in [-0.2, 0) is 19.6 Å². The van der Waals surface area contributed by atoms with Crippen LogP contribution in [0.25, 0.3) is 0 Å². The topological polar surface area (TPSA) is 105 Å². The molecule has 0 unspecified atom stereocenters. The molecule has 31 heavy (non-hydrogen) atoms. The Morgan fingerprint density at radius 3 is 2.45 bits per heavy atom. The lowest BCUT2D eigenvalue weighted by atomic mass is 9.97. The van der Waals surface area contributed by atoms with Gasteiger partial charge >= 0.3 is 0 Å². The number of anilines is 1. The minimum atomic E-state index is -3.53. The van der Waals surface area contributed by atoms with Gasteiger partial charge in [-0.3, -0.25) is 9.59 Å². The predicted octanol–water partition coefficient (Wildman–Crippen LogP) is 2.24. The van der Waals surface area contributed by atoms with Gasteiger partial charge in [-0.2, -0.15) is 4.31 Å². The van der Waals surface area contributed by atoms with Gasteiger partial charge in [0, 0.05) is 43.7 Å². The Morgan fingerprint density at radius 2 is 1.77 bits per heavy atom. The summed E-state index contributed by atoms with van der Waals surface area (Å²) in [5.74, 6) is 0.0265. The zero-order chi connectivity index (χ0) is 22.3. The van der Waals surface area contributed by atoms with Crippen LogP contribution in [0.1, 0.15) is 19.3 Å². The Kier molecular flexibility index (Phi) is 7.64. The van der Waals surface area contributed by atoms with E-state index >= 15 is 0 Å². The second kappa shape index (κ2) is 10.4. The molecule has 0 aliphatic carbocycles. The molecule has 0 spiro atoms. The summed E-state index contributed by atoms with van der Waals surface area (Å²) >= 11 is 0. The van der Waals surface area contributed by atoms with Crippen LogP contribution in [0.2, 0.25) is 0 Å². The maximum Gasteiger partial charge on any atom is 0.243 e. The maximum atomic E-state index is 12.7. The summed E-state index contributed by atoms with van der Waals surface area (Å²) in [4.78, 5) is 24.8. The Morgan fingerprint density at radius 1 is 1.06 bits per heavy atom. The van der Waals surface area contributed by atoms with Crippen molar-refractivity contribution in [2.45, 2.75) is 24.2 Å². The molecule has 2 aromatic rings. The van der Waals surface area contributed by atoms with Gasteiger partial charge in [-0.25, -0.2) is 8.42 Å². The SMILES string of the molecule is COc1cccc(NC(=O)CCNC(=O)C2CCN(S(=O)(=O)c3ccccc3)CC2)c1. The second-order valence-corrected chi connectivity index (χ2v) is 9.25. The van der Waals surface area contributed by atoms with Gasteiger partial charge in [-0.05, 0) is 37.1 Å². The Labute approximate surface area is 182 Å². The van der Waals surface area contributed by atoms with E-state index in [2.05, 4.69) is 10.6 Å². The average Bonchev–Trinajstić information content (AvgIpc) is 2.79. The number of hydrogen-bond acceptors (Lipinski definition) is 5. The summed E-state index contributed by atoms with van der Waals surface area (Å²) in [6.45, 7) is 0.814. The van der Waals surface area contributed by atoms with Gasteiger partial charge in [0.25, 0.3) is 0 Å². The first-order chi connectivity index (χ1) is 14.9. The molecule has 0 radical (unpaired) electrons. The molecule has 0 saturated carbocycles. The molecule has 0 bridgehead atoms. The summed E-state index contributed by atoms with van der Waals surface area (Å²) in [6.07, 6.45) is 1.05. The standard InChI is InChI=1S/C22H27N3O5S/c1-30-19-7-5-6-18(16-19)24-21(26)10-13-23-22(27)17-11-14-25(15-12-17)31(28,29)20-8-3-2-4-9-20/h2-9,16-17H,10-15H2,1H3,(H,23,27)(H,24,26). The number of sulfonamides is 1. The lowest BCUT2D eigenvalue weighted by Gasteiger charge is -2.30. The van der Waals surface area contributed by atoms with Gasteiger partial charge in [0.05, 0.1) is 12.0 Å². The number of piperidine rings is 1. The fourth-order valence-electron chi connectivity index (χ4n) is 3.47. The molecule has 8 nitrogen and oxygen atoms in total. The zero-order valence-corrected chi connectivity index (χ0v) is 18.2. The van der Waals surface area contributed by atoms with Crippen molar-refractivity contribution in [2.24, 2.45) is 5.92 Å². The van der Waals surface area contributed by atoms with Gasteiger partial charge in [0.15, 0.2) is 0 Å². The van der Waals surface area contributed by atoms with Crippen molar-refractivity contribution in [1.82, 2.24) is 9.62 Å². The van der Waals surface area contributed by atoms with Crippen LogP contribution in [0.3, 0.4) is 0 Å². The number of hydrogen-bond donors (Lipinski definition) is 2. The minimum absolute atomic E-state index is 0.143. The van der Waals surface area contributed by atoms with Crippen molar-refractivity contribution in [3.63, 3.8) is 0 Å². The van der Waals surface area contributed by atoms with E-state index < -0.39 is 10.0 Å². The van der Waals surface area contributed by atoms with Crippen LogP contribution in [0, 0.1) is 5.92 Å². The molecule has 1 saturated heterocycles. The first-order valence-electron chi connectivity index (χ1n) is 10.2. The Balaban J connectivity index is 1.41. The van der Waals surface area contributed by atoms with Gasteiger partial charge in [0.1, 0.15) is 5.75 Å². The van der Waals surface area contributed by atoms with E-state index in [4.69, 9.17) is 4.74 Å². The summed E-state index contributed by atoms with van der Waals surface area (Å²) < 4.78 is 31.9. The monoisotopic (exact) mass is 445 g/mol. The molecule has 166 valence electrons. The molecule has 1 aliphatic rings. The van der Waals surface area contributed by atoms with E-state index in [0.717, 1.165) is 0 Å². The van der Waals surface area contributed by atoms with Crippen molar-refractivity contribution >= 4 is 27.5 Å². The molecular weight excluding hydrogens is 418 g/mol. The van der Waals surface area contributed by atoms with Gasteiger partial charge in [0.2, 0.25) is 21.8 Å². The number of carbonyl (C=O) groups is 2. The smallest absolute Gasteiger partial charge is 0.243 e. The molecule has 2 N–H and O–H groups in total. The predicted molar refractivity (Wildman–Crippen MR) is 117 cm³/mol. The van der Waals surface area contributed by atoms with E-state index in [9.17, 15) is 18.0 Å². The van der Waals surface area contributed by atoms with Crippen LogP contribution in [0.5, 0.6) is 5.75 Å². The molecule has 2 aromatic carbocycles. The third kappa shape index (κ3) is 6.05. The lowest BCUT2D eigenvalue weighted by Crippen LogP contribution is -2.43. The maximum absolute atomic E-state index is 12.7. The molecule has 3 rings (SSSR count). The first-order valence-corrected chi connectivity index (χ1v) is 11.6. The molecule has 1 fully saturated rings. The largest absolute Gasteiger partial charge is 0.497 e. The Bertz CT molecular complexity index is 1000. The van der Waals surface area contributed by atoms with E-state index in [1.54, 1.807) is 61.7 Å². The fourth-order valence-corrected chi connectivity index (χ4v) is 4.96. The highest BCUT2D eigenvalue weighted by atomic mass is 32.2. The number of amides is 2. The van der Waals surface area contributed by atoms with Crippen molar-refractivity contribution in [3.05, 3.63) is 54.6 Å². The van der Waals surface area contributed by atoms with Crippen molar-refractivity contribution in [2.75, 3.05) is 32.1 Å². The van der Waals surface area contributed by atoms with Crippen LogP contribution in [0.4, 0.5) is 5.69 Å². The average molecular weight is 446 g/mol. The summed E-state index contributed by atoms with van der Waals surface area (Å²) in [7, 11) is -1.98. The van der Waals surface area contributed by atoms with Gasteiger partial charge in [-0.15, -0.1) is 0 Å². The quantitative estimate of drug-likeness (QED) is 0.648. The molecule has 1 aliphatic heterocycles. The molecule has 1 heterocycles. The second-order valence-electron chi connectivity index (χ2n) is 7.31. The fraction of sp³-hybridized carbons (Fsp3) is 0.364. The lowest BCUT2D eigenvalue weighted by molar-refractivity contribution is -0.126. The third-order valence-corrected chi connectivity index (χ3v) is 7.12. The highest BCUT2D eigenvalue weighted by Crippen LogP contribution is 2.24. The number of benzene rings is 2. The van der Waals surface area contributed by atoms with Gasteiger partial charge in [-0.1, -0.05) is 24.3 Å². The van der Waals surface area contributed by atoms with Crippen LogP contribution in [-0.4, -0.2) is 51.3 Å². The van der Waals surface area contributed by atoms with E-state index in [-0.39, 0.29) is 35.6 Å². The third-order valence-electron chi connectivity index (χ3n) is 5.21. The van der Waals surface area contributed by atoms with E-state index in [1.807, 2.05) is 0 Å². The van der Waals surface area contributed by atoms with Crippen LogP contribution >= 0.6 is 0 Å². The van der Waals surface area contributed by atoms with Crippen molar-refractivity contribution in [1.29, 1.82) is 0 Å². The number of nitrogens with one attached hydrogen (secondary N) is 2. The summed E-state index contributed by atoms with van der Waals surface area (Å²) in [5, 5.41) is 5.55. The molecular formula is C22H27N3O5S. The number of nitrogens with zero attached hydrogens (tertiary/aromatic N) is 1. The number of methoxy groups -OCH3 is 1. The normalized spacial score (nSPS) is 15.3. The molecule has 9 heteroatoms. The minimum Gasteiger partial charge on any atom is -0.497 e. The first kappa shape index (κ1) is 22.8. The summed E-state index contributed by atoms with van der Waals surface area (Å²) in [6, 6.07) is 15.3. The van der Waals surface area contributed by atoms with Crippen LogP contribution < -0.4 is 15.4 Å². The van der Waals surface area contributed by atoms with E-state index in [0.29, 0.717) is 37.4 Å². The Hall–Kier alpha value is -2.91. The molecule has 0 aromatic heterocycles. The highest BCUT2D eigenvalue weighted by Gasteiger charge is 2.31. The number of carbonyl (C=O) groups excluding carboxylic acids is 2. The zero-order valence-electron chi connectivity index (χ0n) is 17.4. The van der Waals surface area contributed by atoms with Crippen molar-refractivity contribution in [3.8, 4) is 5.75 Å². The van der Waals surface area contributed by atoms with Crippen molar-refractivity contribution < 1.29 is 22.7 Å².